The Kier molecular flexibility index (Phi) is 8.46. The lowest BCUT2D eigenvalue weighted by Crippen LogP contribution is -2.51. The Balaban J connectivity index is 1.44. The van der Waals surface area contributed by atoms with Gasteiger partial charge in [-0.25, -0.2) is 4.39 Å². The highest BCUT2D eigenvalue weighted by atomic mass is 19.1. The third-order valence-electron chi connectivity index (χ3n) is 6.13. The zero-order valence-corrected chi connectivity index (χ0v) is 20.8. The van der Waals surface area contributed by atoms with Crippen molar-refractivity contribution in [3.8, 4) is 17.2 Å². The molecular weight excluding hydrogens is 451 g/mol. The van der Waals surface area contributed by atoms with Gasteiger partial charge in [0.05, 0.1) is 26.9 Å². The standard InChI is InChI=1S/C27H35FN2O5/c1-19(2)15-30(17-21-6-8-23-25(14-21)34-11-4-10-33-23)27(31)26-18-29(9-12-35-26)16-20-5-7-22(28)24(13-20)32-3/h5-8,13-14,19,26H,4,9-12,15-18H2,1-3H3/t26-/m1/s1. The van der Waals surface area contributed by atoms with Gasteiger partial charge in [-0.2, -0.15) is 0 Å². The normalized spacial score (nSPS) is 18.3. The van der Waals surface area contributed by atoms with E-state index in [0.29, 0.717) is 58.5 Å². The first-order valence-corrected chi connectivity index (χ1v) is 12.3. The van der Waals surface area contributed by atoms with Crippen LogP contribution in [0.3, 0.4) is 0 Å². The van der Waals surface area contributed by atoms with Gasteiger partial charge in [-0.1, -0.05) is 26.0 Å². The molecule has 1 atom stereocenters. The Labute approximate surface area is 206 Å². The van der Waals surface area contributed by atoms with Gasteiger partial charge in [0.15, 0.2) is 23.1 Å². The lowest BCUT2D eigenvalue weighted by molar-refractivity contribution is -0.151. The number of ether oxygens (including phenoxy) is 4. The van der Waals surface area contributed by atoms with Crippen molar-refractivity contribution < 1.29 is 28.1 Å². The number of halogens is 1. The number of fused-ring (bicyclic) bond motifs is 1. The molecule has 7 nitrogen and oxygen atoms in total. The third kappa shape index (κ3) is 6.64. The van der Waals surface area contributed by atoms with Crippen molar-refractivity contribution in [2.45, 2.75) is 39.5 Å². The number of benzene rings is 2. The van der Waals surface area contributed by atoms with Gasteiger partial charge >= 0.3 is 0 Å². The van der Waals surface area contributed by atoms with Crippen molar-refractivity contribution in [2.75, 3.05) is 46.6 Å². The molecule has 0 spiro atoms. The van der Waals surface area contributed by atoms with Gasteiger partial charge in [0.1, 0.15) is 6.10 Å². The average molecular weight is 487 g/mol. The number of nitrogens with zero attached hydrogens (tertiary/aromatic N) is 2. The van der Waals surface area contributed by atoms with Gasteiger partial charge in [0.2, 0.25) is 0 Å². The van der Waals surface area contributed by atoms with Crippen LogP contribution in [0.5, 0.6) is 17.2 Å². The van der Waals surface area contributed by atoms with Crippen LogP contribution >= 0.6 is 0 Å². The highest BCUT2D eigenvalue weighted by molar-refractivity contribution is 5.81. The molecular formula is C27H35FN2O5. The fourth-order valence-corrected chi connectivity index (χ4v) is 4.46. The van der Waals surface area contributed by atoms with Gasteiger partial charge < -0.3 is 23.8 Å². The highest BCUT2D eigenvalue weighted by Crippen LogP contribution is 2.31. The van der Waals surface area contributed by atoms with Crippen LogP contribution < -0.4 is 14.2 Å². The molecule has 190 valence electrons. The molecule has 0 unspecified atom stereocenters. The Morgan fingerprint density at radius 3 is 2.66 bits per heavy atom. The van der Waals surface area contributed by atoms with Crippen LogP contribution in [0.15, 0.2) is 36.4 Å². The number of carbonyl (C=O) groups excluding carboxylic acids is 1. The van der Waals surface area contributed by atoms with E-state index < -0.39 is 6.10 Å². The molecule has 0 N–H and O–H groups in total. The van der Waals surface area contributed by atoms with E-state index in [9.17, 15) is 9.18 Å². The van der Waals surface area contributed by atoms with Crippen LogP contribution in [0.1, 0.15) is 31.4 Å². The lowest BCUT2D eigenvalue weighted by Gasteiger charge is -2.35. The van der Waals surface area contributed by atoms with Crippen molar-refractivity contribution in [1.82, 2.24) is 9.80 Å². The van der Waals surface area contributed by atoms with Crippen LogP contribution in [0.4, 0.5) is 4.39 Å². The van der Waals surface area contributed by atoms with Gasteiger partial charge in [-0.15, -0.1) is 0 Å². The molecule has 1 fully saturated rings. The van der Waals surface area contributed by atoms with Crippen molar-refractivity contribution in [3.05, 3.63) is 53.3 Å². The maximum absolute atomic E-state index is 13.8. The average Bonchev–Trinajstić information content (AvgIpc) is 3.09. The zero-order chi connectivity index (χ0) is 24.8. The smallest absolute Gasteiger partial charge is 0.253 e. The van der Waals surface area contributed by atoms with Crippen LogP contribution in [0, 0.1) is 11.7 Å². The van der Waals surface area contributed by atoms with Crippen LogP contribution in [0.25, 0.3) is 0 Å². The lowest BCUT2D eigenvalue weighted by atomic mass is 10.1. The molecule has 0 bridgehead atoms. The Hall–Kier alpha value is -2.84. The summed E-state index contributed by atoms with van der Waals surface area (Å²) in [5.41, 5.74) is 1.93. The number of hydrogen-bond donors (Lipinski definition) is 0. The molecule has 0 saturated carbocycles. The highest BCUT2D eigenvalue weighted by Gasteiger charge is 2.31. The second-order valence-electron chi connectivity index (χ2n) is 9.51. The van der Waals surface area contributed by atoms with E-state index in [2.05, 4.69) is 18.7 Å². The summed E-state index contributed by atoms with van der Waals surface area (Å²) in [6, 6.07) is 10.7. The summed E-state index contributed by atoms with van der Waals surface area (Å²) >= 11 is 0. The molecule has 0 aliphatic carbocycles. The minimum atomic E-state index is -0.551. The van der Waals surface area contributed by atoms with Gasteiger partial charge in [0, 0.05) is 39.1 Å². The van der Waals surface area contributed by atoms with Crippen molar-refractivity contribution in [2.24, 2.45) is 5.92 Å². The predicted molar refractivity (Wildman–Crippen MR) is 130 cm³/mol. The van der Waals surface area contributed by atoms with E-state index in [1.54, 1.807) is 12.1 Å². The minimum absolute atomic E-state index is 0.0211. The molecule has 0 radical (unpaired) electrons. The summed E-state index contributed by atoms with van der Waals surface area (Å²) in [6.45, 7) is 8.81. The molecule has 1 saturated heterocycles. The zero-order valence-electron chi connectivity index (χ0n) is 20.8. The number of amides is 1. The summed E-state index contributed by atoms with van der Waals surface area (Å²) in [5.74, 6) is 1.60. The van der Waals surface area contributed by atoms with Crippen LogP contribution in [-0.2, 0) is 22.6 Å². The first-order valence-electron chi connectivity index (χ1n) is 12.3. The molecule has 1 amide bonds. The van der Waals surface area contributed by atoms with Gasteiger partial charge in [-0.3, -0.25) is 9.69 Å². The molecule has 2 aromatic rings. The molecule has 4 rings (SSSR count). The molecule has 2 aliphatic rings. The first kappa shape index (κ1) is 25.3. The van der Waals surface area contributed by atoms with Crippen molar-refractivity contribution in [3.63, 3.8) is 0 Å². The topological polar surface area (TPSA) is 60.5 Å². The van der Waals surface area contributed by atoms with E-state index in [4.69, 9.17) is 18.9 Å². The Morgan fingerprint density at radius 2 is 1.89 bits per heavy atom. The van der Waals surface area contributed by atoms with Crippen molar-refractivity contribution >= 4 is 5.91 Å². The largest absolute Gasteiger partial charge is 0.494 e. The van der Waals surface area contributed by atoms with E-state index in [0.717, 1.165) is 29.0 Å². The van der Waals surface area contributed by atoms with Crippen molar-refractivity contribution in [1.29, 1.82) is 0 Å². The fourth-order valence-electron chi connectivity index (χ4n) is 4.46. The van der Waals surface area contributed by atoms with Gasteiger partial charge in [0.25, 0.3) is 5.91 Å². The molecule has 2 heterocycles. The van der Waals surface area contributed by atoms with E-state index in [1.165, 1.54) is 13.2 Å². The molecule has 0 aromatic heterocycles. The van der Waals surface area contributed by atoms with Crippen LogP contribution in [0.2, 0.25) is 0 Å². The first-order chi connectivity index (χ1) is 16.9. The molecule has 2 aromatic carbocycles. The van der Waals surface area contributed by atoms with Gasteiger partial charge in [-0.05, 0) is 41.3 Å². The fraction of sp³-hybridized carbons (Fsp3) is 0.519. The molecule has 2 aliphatic heterocycles. The number of rotatable bonds is 8. The predicted octanol–water partition coefficient (Wildman–Crippen LogP) is 3.88. The molecule has 8 heteroatoms. The van der Waals surface area contributed by atoms with E-state index in [1.807, 2.05) is 23.1 Å². The third-order valence-corrected chi connectivity index (χ3v) is 6.13. The summed E-state index contributed by atoms with van der Waals surface area (Å²) in [7, 11) is 1.46. The van der Waals surface area contributed by atoms with E-state index in [-0.39, 0.29) is 17.5 Å². The second kappa shape index (κ2) is 11.7. The van der Waals surface area contributed by atoms with E-state index >= 15 is 0 Å². The summed E-state index contributed by atoms with van der Waals surface area (Å²) in [4.78, 5) is 17.6. The minimum Gasteiger partial charge on any atom is -0.494 e. The maximum Gasteiger partial charge on any atom is 0.253 e. The quantitative estimate of drug-likeness (QED) is 0.565. The SMILES string of the molecule is COc1cc(CN2CCO[C@@H](C(=O)N(Cc3ccc4c(c3)OCCCO4)CC(C)C)C2)ccc1F. The summed E-state index contributed by atoms with van der Waals surface area (Å²) in [6.07, 6.45) is 0.299. The summed E-state index contributed by atoms with van der Waals surface area (Å²) < 4.78 is 36.4. The molecule has 35 heavy (non-hydrogen) atoms. The second-order valence-corrected chi connectivity index (χ2v) is 9.51. The number of methoxy groups -OCH3 is 1. The monoisotopic (exact) mass is 486 g/mol. The van der Waals surface area contributed by atoms with Crippen LogP contribution in [-0.4, -0.2) is 68.4 Å². The number of hydrogen-bond acceptors (Lipinski definition) is 6. The Morgan fingerprint density at radius 1 is 1.11 bits per heavy atom. The number of carbonyl (C=O) groups is 1. The Bertz CT molecular complexity index is 1020. The number of morpholine rings is 1. The maximum atomic E-state index is 13.8. The summed E-state index contributed by atoms with van der Waals surface area (Å²) in [5, 5.41) is 0.